The van der Waals surface area contributed by atoms with Gasteiger partial charge in [-0.25, -0.2) is 0 Å². The highest BCUT2D eigenvalue weighted by atomic mass is 16.6. The standard InChI is InChI=1S/C10H18N2O4/c1-8(12(14)15)7-11-5-3-9(4-6-11)10(13)16-2/h8-9H,3-7H2,1-2H3. The third-order valence-electron chi connectivity index (χ3n) is 3.00. The summed E-state index contributed by atoms with van der Waals surface area (Å²) in [7, 11) is 1.39. The lowest BCUT2D eigenvalue weighted by atomic mass is 9.97. The second-order valence-electron chi connectivity index (χ2n) is 4.23. The molecule has 0 bridgehead atoms. The zero-order valence-electron chi connectivity index (χ0n) is 9.72. The smallest absolute Gasteiger partial charge is 0.308 e. The van der Waals surface area contributed by atoms with E-state index in [9.17, 15) is 14.9 Å². The van der Waals surface area contributed by atoms with Gasteiger partial charge in [-0.2, -0.15) is 0 Å². The number of hydrogen-bond donors (Lipinski definition) is 0. The van der Waals surface area contributed by atoms with E-state index in [0.29, 0.717) is 6.54 Å². The van der Waals surface area contributed by atoms with Crippen LogP contribution in [-0.2, 0) is 9.53 Å². The largest absolute Gasteiger partial charge is 0.469 e. The Labute approximate surface area is 94.7 Å². The summed E-state index contributed by atoms with van der Waals surface area (Å²) in [6.07, 6.45) is 1.47. The van der Waals surface area contributed by atoms with Gasteiger partial charge < -0.3 is 4.74 Å². The highest BCUT2D eigenvalue weighted by molar-refractivity contribution is 5.72. The van der Waals surface area contributed by atoms with E-state index in [1.54, 1.807) is 6.92 Å². The number of nitro groups is 1. The fraction of sp³-hybridized carbons (Fsp3) is 0.900. The highest BCUT2D eigenvalue weighted by Gasteiger charge is 2.27. The number of ether oxygens (including phenoxy) is 1. The number of rotatable bonds is 4. The summed E-state index contributed by atoms with van der Waals surface area (Å²) in [5, 5.41) is 10.5. The van der Waals surface area contributed by atoms with Crippen LogP contribution in [0.1, 0.15) is 19.8 Å². The molecule has 16 heavy (non-hydrogen) atoms. The minimum absolute atomic E-state index is 0.0350. The van der Waals surface area contributed by atoms with Gasteiger partial charge in [-0.15, -0.1) is 0 Å². The van der Waals surface area contributed by atoms with Crippen molar-refractivity contribution >= 4 is 5.97 Å². The third kappa shape index (κ3) is 3.44. The first-order valence-electron chi connectivity index (χ1n) is 5.48. The van der Waals surface area contributed by atoms with E-state index in [1.807, 2.05) is 4.90 Å². The maximum atomic E-state index is 11.3. The molecule has 1 atom stereocenters. The molecule has 6 heteroatoms. The molecule has 0 aromatic rings. The number of carbonyl (C=O) groups is 1. The maximum absolute atomic E-state index is 11.3. The lowest BCUT2D eigenvalue weighted by Crippen LogP contribution is -2.41. The Kier molecular flexibility index (Phi) is 4.67. The third-order valence-corrected chi connectivity index (χ3v) is 3.00. The first-order chi connectivity index (χ1) is 7.54. The van der Waals surface area contributed by atoms with Gasteiger partial charge >= 0.3 is 5.97 Å². The average Bonchev–Trinajstić information content (AvgIpc) is 2.28. The molecule has 0 aliphatic carbocycles. The molecule has 1 unspecified atom stereocenters. The molecule has 6 nitrogen and oxygen atoms in total. The molecule has 1 fully saturated rings. The Morgan fingerprint density at radius 3 is 2.56 bits per heavy atom. The van der Waals surface area contributed by atoms with Crippen LogP contribution in [0.25, 0.3) is 0 Å². The number of hydrogen-bond acceptors (Lipinski definition) is 5. The quantitative estimate of drug-likeness (QED) is 0.400. The van der Waals surface area contributed by atoms with E-state index >= 15 is 0 Å². The summed E-state index contributed by atoms with van der Waals surface area (Å²) in [5.41, 5.74) is 0. The van der Waals surface area contributed by atoms with Gasteiger partial charge in [-0.05, 0) is 25.9 Å². The molecule has 0 aromatic heterocycles. The van der Waals surface area contributed by atoms with Crippen molar-refractivity contribution in [2.75, 3.05) is 26.7 Å². The van der Waals surface area contributed by atoms with E-state index in [1.165, 1.54) is 7.11 Å². The van der Waals surface area contributed by atoms with Crippen molar-refractivity contribution in [1.82, 2.24) is 4.90 Å². The molecule has 0 amide bonds. The van der Waals surface area contributed by atoms with Gasteiger partial charge in [0.1, 0.15) is 0 Å². The van der Waals surface area contributed by atoms with Gasteiger partial charge in [0.15, 0.2) is 0 Å². The van der Waals surface area contributed by atoms with Gasteiger partial charge in [-0.1, -0.05) is 0 Å². The van der Waals surface area contributed by atoms with Gasteiger partial charge in [0, 0.05) is 11.8 Å². The van der Waals surface area contributed by atoms with Gasteiger partial charge in [-0.3, -0.25) is 19.8 Å². The first-order valence-corrected chi connectivity index (χ1v) is 5.48. The molecule has 92 valence electrons. The van der Waals surface area contributed by atoms with Crippen LogP contribution in [0.4, 0.5) is 0 Å². The number of methoxy groups -OCH3 is 1. The second-order valence-corrected chi connectivity index (χ2v) is 4.23. The minimum Gasteiger partial charge on any atom is -0.469 e. The molecular weight excluding hydrogens is 212 g/mol. The summed E-state index contributed by atoms with van der Waals surface area (Å²) in [5.74, 6) is -0.200. The number of esters is 1. The van der Waals surface area contributed by atoms with E-state index in [4.69, 9.17) is 0 Å². The molecule has 0 aromatic carbocycles. The van der Waals surface area contributed by atoms with Crippen LogP contribution >= 0.6 is 0 Å². The molecule has 0 spiro atoms. The Hall–Kier alpha value is -1.17. The van der Waals surface area contributed by atoms with Crippen LogP contribution < -0.4 is 0 Å². The van der Waals surface area contributed by atoms with Crippen LogP contribution in [0.15, 0.2) is 0 Å². The van der Waals surface area contributed by atoms with Crippen molar-refractivity contribution in [3.8, 4) is 0 Å². The molecule has 1 heterocycles. The van der Waals surface area contributed by atoms with Crippen molar-refractivity contribution in [2.45, 2.75) is 25.8 Å². The fourth-order valence-corrected chi connectivity index (χ4v) is 1.96. The summed E-state index contributed by atoms with van der Waals surface area (Å²) < 4.78 is 4.68. The van der Waals surface area contributed by atoms with Crippen LogP contribution in [0.5, 0.6) is 0 Å². The zero-order chi connectivity index (χ0) is 12.1. The van der Waals surface area contributed by atoms with Crippen molar-refractivity contribution in [3.63, 3.8) is 0 Å². The molecule has 1 saturated heterocycles. The fourth-order valence-electron chi connectivity index (χ4n) is 1.96. The van der Waals surface area contributed by atoms with Crippen molar-refractivity contribution in [1.29, 1.82) is 0 Å². The molecule has 1 aliphatic rings. The van der Waals surface area contributed by atoms with Crippen LogP contribution in [0.3, 0.4) is 0 Å². The predicted octanol–water partition coefficient (Wildman–Crippen LogP) is 0.537. The lowest BCUT2D eigenvalue weighted by molar-refractivity contribution is -0.518. The Morgan fingerprint density at radius 1 is 1.56 bits per heavy atom. The molecule has 0 N–H and O–H groups in total. The zero-order valence-corrected chi connectivity index (χ0v) is 9.72. The molecule has 0 radical (unpaired) electrons. The summed E-state index contributed by atoms with van der Waals surface area (Å²) in [4.78, 5) is 23.5. The van der Waals surface area contributed by atoms with E-state index in [0.717, 1.165) is 25.9 Å². The Balaban J connectivity index is 2.32. The summed E-state index contributed by atoms with van der Waals surface area (Å²) in [6.45, 7) is 3.53. The number of nitrogens with zero attached hydrogens (tertiary/aromatic N) is 2. The normalized spacial score (nSPS) is 20.4. The van der Waals surface area contributed by atoms with Crippen LogP contribution in [-0.4, -0.2) is 48.6 Å². The molecule has 0 saturated carbocycles. The Bertz CT molecular complexity index is 262. The highest BCUT2D eigenvalue weighted by Crippen LogP contribution is 2.18. The van der Waals surface area contributed by atoms with Gasteiger partial charge in [0.05, 0.1) is 19.6 Å². The first kappa shape index (κ1) is 12.9. The lowest BCUT2D eigenvalue weighted by Gasteiger charge is -2.30. The molecule has 1 aliphatic heterocycles. The Morgan fingerprint density at radius 2 is 2.12 bits per heavy atom. The maximum Gasteiger partial charge on any atom is 0.308 e. The summed E-state index contributed by atoms with van der Waals surface area (Å²) in [6, 6.07) is -0.547. The topological polar surface area (TPSA) is 72.7 Å². The summed E-state index contributed by atoms with van der Waals surface area (Å²) >= 11 is 0. The van der Waals surface area contributed by atoms with E-state index < -0.39 is 6.04 Å². The van der Waals surface area contributed by atoms with Crippen molar-refractivity contribution in [2.24, 2.45) is 5.92 Å². The van der Waals surface area contributed by atoms with Gasteiger partial charge in [0.25, 0.3) is 0 Å². The SMILES string of the molecule is COC(=O)C1CCN(CC(C)[N+](=O)[O-])CC1. The van der Waals surface area contributed by atoms with Crippen molar-refractivity contribution in [3.05, 3.63) is 10.1 Å². The minimum atomic E-state index is -0.547. The van der Waals surface area contributed by atoms with Crippen LogP contribution in [0, 0.1) is 16.0 Å². The van der Waals surface area contributed by atoms with E-state index in [-0.39, 0.29) is 16.8 Å². The molecular formula is C10H18N2O4. The van der Waals surface area contributed by atoms with E-state index in [2.05, 4.69) is 4.74 Å². The number of carbonyl (C=O) groups excluding carboxylic acids is 1. The molecule has 1 rings (SSSR count). The average molecular weight is 230 g/mol. The monoisotopic (exact) mass is 230 g/mol. The number of likely N-dealkylation sites (tertiary alicyclic amines) is 1. The second kappa shape index (κ2) is 5.79. The predicted molar refractivity (Wildman–Crippen MR) is 57.6 cm³/mol. The van der Waals surface area contributed by atoms with Crippen LogP contribution in [0.2, 0.25) is 0 Å². The van der Waals surface area contributed by atoms with Crippen molar-refractivity contribution < 1.29 is 14.5 Å². The van der Waals surface area contributed by atoms with Gasteiger partial charge in [0.2, 0.25) is 6.04 Å². The number of piperidine rings is 1.